The van der Waals surface area contributed by atoms with Crippen LogP contribution in [-0.2, 0) is 5.60 Å². The van der Waals surface area contributed by atoms with Crippen molar-refractivity contribution in [1.82, 2.24) is 9.80 Å². The van der Waals surface area contributed by atoms with Crippen LogP contribution < -0.4 is 4.90 Å². The summed E-state index contributed by atoms with van der Waals surface area (Å²) in [7, 11) is 2.21. The van der Waals surface area contributed by atoms with Gasteiger partial charge in [0, 0.05) is 61.0 Å². The number of benzene rings is 1. The number of hydrogen-bond donors (Lipinski definition) is 1. The molecule has 0 bridgehead atoms. The van der Waals surface area contributed by atoms with Crippen LogP contribution >= 0.6 is 15.9 Å². The summed E-state index contributed by atoms with van der Waals surface area (Å²) in [4.78, 5) is 7.55. The van der Waals surface area contributed by atoms with Crippen LogP contribution in [0.2, 0.25) is 0 Å². The molecule has 1 aromatic rings. The summed E-state index contributed by atoms with van der Waals surface area (Å²) < 4.78 is 1.02. The molecular weight excluding hydrogens is 366 g/mol. The minimum atomic E-state index is -0.826. The van der Waals surface area contributed by atoms with Crippen molar-refractivity contribution < 1.29 is 5.11 Å². The van der Waals surface area contributed by atoms with Crippen LogP contribution in [0.5, 0.6) is 0 Å². The third-order valence-corrected chi connectivity index (χ3v) is 5.97. The van der Waals surface area contributed by atoms with E-state index < -0.39 is 5.60 Å². The van der Waals surface area contributed by atoms with Gasteiger partial charge in [-0.2, -0.15) is 0 Å². The first kappa shape index (κ1) is 18.2. The third-order valence-electron chi connectivity index (χ3n) is 5.48. The molecule has 2 aliphatic rings. The Hall–Kier alpha value is -0.620. The third kappa shape index (κ3) is 4.13. The SMILES string of the molecule is CN1CCN(C2CCN(c3ccc(Br)cc3C(C)(C)O)CC2)CC1. The number of rotatable bonds is 3. The van der Waals surface area contributed by atoms with Crippen LogP contribution in [0.4, 0.5) is 5.69 Å². The van der Waals surface area contributed by atoms with E-state index in [0.717, 1.165) is 29.2 Å². The second-order valence-electron chi connectivity index (χ2n) is 7.78. The van der Waals surface area contributed by atoms with Crippen LogP contribution in [0, 0.1) is 0 Å². The molecule has 0 radical (unpaired) electrons. The van der Waals surface area contributed by atoms with Crippen molar-refractivity contribution >= 4 is 21.6 Å². The highest BCUT2D eigenvalue weighted by Crippen LogP contribution is 2.34. The van der Waals surface area contributed by atoms with Crippen LogP contribution in [0.15, 0.2) is 22.7 Å². The van der Waals surface area contributed by atoms with Gasteiger partial charge in [0.15, 0.2) is 0 Å². The maximum atomic E-state index is 10.5. The Bertz CT molecular complexity index is 556. The van der Waals surface area contributed by atoms with Gasteiger partial charge in [0.05, 0.1) is 5.60 Å². The van der Waals surface area contributed by atoms with Gasteiger partial charge in [0.1, 0.15) is 0 Å². The van der Waals surface area contributed by atoms with Crippen LogP contribution in [-0.4, -0.2) is 67.3 Å². The maximum absolute atomic E-state index is 10.5. The summed E-state index contributed by atoms with van der Waals surface area (Å²) in [5.41, 5.74) is 1.37. The Morgan fingerprint density at radius 2 is 1.67 bits per heavy atom. The van der Waals surface area contributed by atoms with Gasteiger partial charge in [-0.3, -0.25) is 4.90 Å². The van der Waals surface area contributed by atoms with E-state index in [0.29, 0.717) is 0 Å². The molecule has 0 unspecified atom stereocenters. The van der Waals surface area contributed by atoms with E-state index in [1.165, 1.54) is 44.7 Å². The monoisotopic (exact) mass is 395 g/mol. The smallest absolute Gasteiger partial charge is 0.0860 e. The molecule has 0 spiro atoms. The standard InChI is InChI=1S/C19H30BrN3O/c1-19(2,24)17-14-15(20)4-5-18(17)23-8-6-16(7-9-23)22-12-10-21(3)11-13-22/h4-5,14,16,24H,6-13H2,1-3H3. The molecule has 24 heavy (non-hydrogen) atoms. The lowest BCUT2D eigenvalue weighted by atomic mass is 9.94. The van der Waals surface area contributed by atoms with Crippen molar-refractivity contribution in [3.63, 3.8) is 0 Å². The summed E-state index contributed by atoms with van der Waals surface area (Å²) in [6, 6.07) is 7.00. The fourth-order valence-corrected chi connectivity index (χ4v) is 4.29. The molecule has 0 aliphatic carbocycles. The van der Waals surface area contributed by atoms with Gasteiger partial charge in [0.2, 0.25) is 0 Å². The average Bonchev–Trinajstić information content (AvgIpc) is 2.55. The molecule has 0 aromatic heterocycles. The number of nitrogens with zero attached hydrogens (tertiary/aromatic N) is 3. The van der Waals surface area contributed by atoms with Crippen molar-refractivity contribution in [2.45, 2.75) is 38.3 Å². The first-order chi connectivity index (χ1) is 11.3. The number of halogens is 1. The lowest BCUT2D eigenvalue weighted by Crippen LogP contribution is -2.52. The summed E-state index contributed by atoms with van der Waals surface area (Å²) in [6.07, 6.45) is 2.43. The highest BCUT2D eigenvalue weighted by molar-refractivity contribution is 9.10. The fraction of sp³-hybridized carbons (Fsp3) is 0.684. The summed E-state index contributed by atoms with van der Waals surface area (Å²) >= 11 is 3.54. The summed E-state index contributed by atoms with van der Waals surface area (Å²) in [6.45, 7) is 10.7. The van der Waals surface area contributed by atoms with E-state index in [-0.39, 0.29) is 0 Å². The van der Waals surface area contributed by atoms with E-state index in [2.05, 4.69) is 55.9 Å². The molecular formula is C19H30BrN3O. The zero-order chi connectivity index (χ0) is 17.3. The normalized spacial score (nSPS) is 22.1. The Balaban J connectivity index is 1.67. The lowest BCUT2D eigenvalue weighted by Gasteiger charge is -2.43. The molecule has 4 nitrogen and oxygen atoms in total. The molecule has 1 aromatic carbocycles. The average molecular weight is 396 g/mol. The van der Waals surface area contributed by atoms with E-state index in [4.69, 9.17) is 0 Å². The van der Waals surface area contributed by atoms with Gasteiger partial charge in [-0.1, -0.05) is 15.9 Å². The molecule has 3 rings (SSSR count). The summed E-state index contributed by atoms with van der Waals surface area (Å²) in [5.74, 6) is 0. The van der Waals surface area contributed by atoms with E-state index >= 15 is 0 Å². The molecule has 1 N–H and O–H groups in total. The molecule has 5 heteroatoms. The van der Waals surface area contributed by atoms with Gasteiger partial charge in [-0.15, -0.1) is 0 Å². The van der Waals surface area contributed by atoms with E-state index in [1.807, 2.05) is 13.8 Å². The highest BCUT2D eigenvalue weighted by atomic mass is 79.9. The number of aliphatic hydroxyl groups is 1. The van der Waals surface area contributed by atoms with Gasteiger partial charge in [-0.05, 0) is 51.9 Å². The van der Waals surface area contributed by atoms with Crippen molar-refractivity contribution in [2.24, 2.45) is 0 Å². The topological polar surface area (TPSA) is 30.0 Å². The largest absolute Gasteiger partial charge is 0.386 e. The zero-order valence-corrected chi connectivity index (χ0v) is 16.7. The van der Waals surface area contributed by atoms with Gasteiger partial charge in [0.25, 0.3) is 0 Å². The molecule has 2 saturated heterocycles. The fourth-order valence-electron chi connectivity index (χ4n) is 3.93. The Labute approximate surface area is 154 Å². The van der Waals surface area contributed by atoms with Crippen LogP contribution in [0.3, 0.4) is 0 Å². The lowest BCUT2D eigenvalue weighted by molar-refractivity contribution is 0.0784. The number of piperidine rings is 1. The highest BCUT2D eigenvalue weighted by Gasteiger charge is 2.29. The first-order valence-corrected chi connectivity index (χ1v) is 9.84. The van der Waals surface area contributed by atoms with Crippen LogP contribution in [0.25, 0.3) is 0 Å². The van der Waals surface area contributed by atoms with Crippen molar-refractivity contribution in [3.05, 3.63) is 28.2 Å². The Morgan fingerprint density at radius 3 is 2.25 bits per heavy atom. The molecule has 2 aliphatic heterocycles. The van der Waals surface area contributed by atoms with Gasteiger partial charge < -0.3 is 14.9 Å². The van der Waals surface area contributed by atoms with Crippen molar-refractivity contribution in [3.8, 4) is 0 Å². The minimum Gasteiger partial charge on any atom is -0.386 e. The second kappa shape index (κ2) is 7.32. The predicted molar refractivity (Wildman–Crippen MR) is 104 cm³/mol. The number of hydrogen-bond acceptors (Lipinski definition) is 4. The molecule has 134 valence electrons. The van der Waals surface area contributed by atoms with Crippen LogP contribution in [0.1, 0.15) is 32.3 Å². The Morgan fingerprint density at radius 1 is 1.04 bits per heavy atom. The van der Waals surface area contributed by atoms with Gasteiger partial charge in [-0.25, -0.2) is 0 Å². The zero-order valence-electron chi connectivity index (χ0n) is 15.1. The van der Waals surface area contributed by atoms with Crippen molar-refractivity contribution in [1.29, 1.82) is 0 Å². The number of anilines is 1. The molecule has 2 fully saturated rings. The maximum Gasteiger partial charge on any atom is 0.0860 e. The van der Waals surface area contributed by atoms with Gasteiger partial charge >= 0.3 is 0 Å². The molecule has 0 atom stereocenters. The summed E-state index contributed by atoms with van der Waals surface area (Å²) in [5, 5.41) is 10.5. The quantitative estimate of drug-likeness (QED) is 0.851. The minimum absolute atomic E-state index is 0.719. The van der Waals surface area contributed by atoms with Crippen molar-refractivity contribution in [2.75, 3.05) is 51.2 Å². The molecule has 0 amide bonds. The predicted octanol–water partition coefficient (Wildman–Crippen LogP) is 2.89. The molecule has 0 saturated carbocycles. The molecule has 2 heterocycles. The second-order valence-corrected chi connectivity index (χ2v) is 8.69. The first-order valence-electron chi connectivity index (χ1n) is 9.04. The number of likely N-dealkylation sites (N-methyl/N-ethyl adjacent to an activating group) is 1. The Kier molecular flexibility index (Phi) is 5.55. The number of piperazine rings is 1. The van der Waals surface area contributed by atoms with E-state index in [1.54, 1.807) is 0 Å². The van der Waals surface area contributed by atoms with E-state index in [9.17, 15) is 5.11 Å².